The molecule has 1 N–H and O–H groups in total. The van der Waals surface area contributed by atoms with Gasteiger partial charge in [0.2, 0.25) is 0 Å². The van der Waals surface area contributed by atoms with Crippen LogP contribution >= 0.6 is 0 Å². The van der Waals surface area contributed by atoms with E-state index < -0.39 is 0 Å². The monoisotopic (exact) mass is 294 g/mol. The second-order valence-corrected chi connectivity index (χ2v) is 5.45. The number of aryl methyl sites for hydroxylation is 2. The lowest BCUT2D eigenvalue weighted by Gasteiger charge is -2.16. The van der Waals surface area contributed by atoms with E-state index in [0.717, 1.165) is 11.2 Å². The van der Waals surface area contributed by atoms with Crippen LogP contribution in [0.3, 0.4) is 0 Å². The molecule has 0 unspecified atom stereocenters. The second-order valence-electron chi connectivity index (χ2n) is 5.45. The molecule has 2 aromatic heterocycles. The summed E-state index contributed by atoms with van der Waals surface area (Å²) in [6.45, 7) is 4.39. The second kappa shape index (κ2) is 5.60. The Hall–Kier alpha value is -2.69. The molecule has 22 heavy (non-hydrogen) atoms. The normalized spacial score (nSPS) is 10.9. The number of amides is 1. The number of aromatic amines is 1. The zero-order chi connectivity index (χ0) is 15.7. The molecule has 0 aliphatic rings. The van der Waals surface area contributed by atoms with E-state index >= 15 is 0 Å². The lowest BCUT2D eigenvalue weighted by Crippen LogP contribution is -2.27. The summed E-state index contributed by atoms with van der Waals surface area (Å²) in [4.78, 5) is 25.6. The zero-order valence-electron chi connectivity index (χ0n) is 12.9. The van der Waals surface area contributed by atoms with E-state index in [1.807, 2.05) is 18.2 Å². The predicted molar refractivity (Wildman–Crippen MR) is 85.6 cm³/mol. The molecule has 0 fully saturated rings. The SMILES string of the molecule is Cc1ncc(C(=O)N(C)Cc2[nH]c3ccccc3c2C)cn1. The Morgan fingerprint density at radius 2 is 1.86 bits per heavy atom. The van der Waals surface area contributed by atoms with Gasteiger partial charge in [-0.05, 0) is 25.5 Å². The molecule has 0 aliphatic heterocycles. The van der Waals surface area contributed by atoms with Crippen LogP contribution in [0.4, 0.5) is 0 Å². The highest BCUT2D eigenvalue weighted by atomic mass is 16.2. The van der Waals surface area contributed by atoms with Crippen LogP contribution in [0.2, 0.25) is 0 Å². The quantitative estimate of drug-likeness (QED) is 0.808. The first-order valence-corrected chi connectivity index (χ1v) is 7.16. The molecule has 2 heterocycles. The minimum absolute atomic E-state index is 0.0851. The van der Waals surface area contributed by atoms with Crippen molar-refractivity contribution in [3.8, 4) is 0 Å². The molecule has 1 amide bonds. The van der Waals surface area contributed by atoms with Crippen molar-refractivity contribution >= 4 is 16.8 Å². The molecule has 0 aliphatic carbocycles. The molecule has 112 valence electrons. The fourth-order valence-corrected chi connectivity index (χ4v) is 2.53. The summed E-state index contributed by atoms with van der Waals surface area (Å²) in [6.07, 6.45) is 3.14. The number of carbonyl (C=O) groups excluding carboxylic acids is 1. The van der Waals surface area contributed by atoms with Gasteiger partial charge in [0.1, 0.15) is 5.82 Å². The maximum Gasteiger partial charge on any atom is 0.257 e. The van der Waals surface area contributed by atoms with E-state index in [1.54, 1.807) is 31.3 Å². The molecule has 1 aromatic carbocycles. The van der Waals surface area contributed by atoms with E-state index in [4.69, 9.17) is 0 Å². The van der Waals surface area contributed by atoms with Crippen molar-refractivity contribution in [1.29, 1.82) is 0 Å². The van der Waals surface area contributed by atoms with Gasteiger partial charge >= 0.3 is 0 Å². The van der Waals surface area contributed by atoms with Crippen molar-refractivity contribution in [3.05, 3.63) is 59.3 Å². The number of H-pyrrole nitrogens is 1. The third-order valence-electron chi connectivity index (χ3n) is 3.84. The number of aromatic nitrogens is 3. The van der Waals surface area contributed by atoms with E-state index in [2.05, 4.69) is 27.9 Å². The fraction of sp³-hybridized carbons (Fsp3) is 0.235. The molecule has 0 bridgehead atoms. The van der Waals surface area contributed by atoms with E-state index in [9.17, 15) is 4.79 Å². The smallest absolute Gasteiger partial charge is 0.257 e. The maximum atomic E-state index is 12.4. The highest BCUT2D eigenvalue weighted by Gasteiger charge is 2.15. The third kappa shape index (κ3) is 2.57. The van der Waals surface area contributed by atoms with Gasteiger partial charge in [-0.2, -0.15) is 0 Å². The number of nitrogens with one attached hydrogen (secondary N) is 1. The number of rotatable bonds is 3. The molecule has 0 atom stereocenters. The largest absolute Gasteiger partial charge is 0.357 e. The van der Waals surface area contributed by atoms with Crippen molar-refractivity contribution in [1.82, 2.24) is 19.9 Å². The molecular weight excluding hydrogens is 276 g/mol. The Labute approximate surface area is 129 Å². The number of hydrogen-bond acceptors (Lipinski definition) is 3. The van der Waals surface area contributed by atoms with Gasteiger partial charge in [0.25, 0.3) is 5.91 Å². The molecule has 5 heteroatoms. The van der Waals surface area contributed by atoms with Crippen molar-refractivity contribution in [3.63, 3.8) is 0 Å². The van der Waals surface area contributed by atoms with Gasteiger partial charge in [0, 0.05) is 36.0 Å². The number of benzene rings is 1. The molecule has 3 rings (SSSR count). The Bertz CT molecular complexity index is 820. The lowest BCUT2D eigenvalue weighted by molar-refractivity contribution is 0.0782. The van der Waals surface area contributed by atoms with E-state index in [-0.39, 0.29) is 5.91 Å². The van der Waals surface area contributed by atoms with Gasteiger partial charge in [-0.15, -0.1) is 0 Å². The summed E-state index contributed by atoms with van der Waals surface area (Å²) >= 11 is 0. The van der Waals surface area contributed by atoms with Crippen molar-refractivity contribution < 1.29 is 4.79 Å². The van der Waals surface area contributed by atoms with Gasteiger partial charge in [0.15, 0.2) is 0 Å². The molecule has 0 spiro atoms. The van der Waals surface area contributed by atoms with E-state index in [0.29, 0.717) is 17.9 Å². The van der Waals surface area contributed by atoms with Crippen molar-refractivity contribution in [2.45, 2.75) is 20.4 Å². The summed E-state index contributed by atoms with van der Waals surface area (Å²) in [5, 5.41) is 1.19. The Morgan fingerprint density at radius 1 is 1.18 bits per heavy atom. The maximum absolute atomic E-state index is 12.4. The first-order valence-electron chi connectivity index (χ1n) is 7.16. The first kappa shape index (κ1) is 14.3. The van der Waals surface area contributed by atoms with Gasteiger partial charge in [-0.3, -0.25) is 4.79 Å². The number of nitrogens with zero attached hydrogens (tertiary/aromatic N) is 3. The topological polar surface area (TPSA) is 61.9 Å². The van der Waals surface area contributed by atoms with Gasteiger partial charge in [0.05, 0.1) is 12.1 Å². The number of para-hydroxylation sites is 1. The van der Waals surface area contributed by atoms with Crippen molar-refractivity contribution in [2.24, 2.45) is 0 Å². The van der Waals surface area contributed by atoms with Crippen LogP contribution in [0.5, 0.6) is 0 Å². The molecule has 0 saturated heterocycles. The summed E-state index contributed by atoms with van der Waals surface area (Å²) in [5.74, 6) is 0.573. The van der Waals surface area contributed by atoms with Crippen LogP contribution in [0.25, 0.3) is 10.9 Å². The zero-order valence-corrected chi connectivity index (χ0v) is 12.9. The van der Waals surface area contributed by atoms with Gasteiger partial charge < -0.3 is 9.88 Å². The number of fused-ring (bicyclic) bond motifs is 1. The minimum atomic E-state index is -0.0851. The van der Waals surface area contributed by atoms with E-state index in [1.165, 1.54) is 10.9 Å². The summed E-state index contributed by atoms with van der Waals surface area (Å²) in [6, 6.07) is 8.15. The average molecular weight is 294 g/mol. The summed E-state index contributed by atoms with van der Waals surface area (Å²) in [5.41, 5.74) is 3.82. The van der Waals surface area contributed by atoms with Crippen LogP contribution < -0.4 is 0 Å². The minimum Gasteiger partial charge on any atom is -0.357 e. The standard InChI is InChI=1S/C17H18N4O/c1-11-14-6-4-5-7-15(14)20-16(11)10-21(3)17(22)13-8-18-12(2)19-9-13/h4-9,20H,10H2,1-3H3. The summed E-state index contributed by atoms with van der Waals surface area (Å²) in [7, 11) is 1.78. The molecule has 5 nitrogen and oxygen atoms in total. The molecule has 0 saturated carbocycles. The first-order chi connectivity index (χ1) is 10.6. The number of hydrogen-bond donors (Lipinski definition) is 1. The lowest BCUT2D eigenvalue weighted by atomic mass is 10.1. The molecule has 0 radical (unpaired) electrons. The highest BCUT2D eigenvalue weighted by molar-refractivity contribution is 5.93. The number of carbonyl (C=O) groups is 1. The fourth-order valence-electron chi connectivity index (χ4n) is 2.53. The van der Waals surface area contributed by atoms with Crippen LogP contribution in [0, 0.1) is 13.8 Å². The Balaban J connectivity index is 1.83. The predicted octanol–water partition coefficient (Wildman–Crippen LogP) is 2.85. The van der Waals surface area contributed by atoms with Crippen LogP contribution in [0.15, 0.2) is 36.7 Å². The van der Waals surface area contributed by atoms with Crippen LogP contribution in [0.1, 0.15) is 27.4 Å². The molecular formula is C17H18N4O. The van der Waals surface area contributed by atoms with Gasteiger partial charge in [-0.1, -0.05) is 18.2 Å². The Morgan fingerprint density at radius 3 is 2.55 bits per heavy atom. The van der Waals surface area contributed by atoms with Crippen molar-refractivity contribution in [2.75, 3.05) is 7.05 Å². The van der Waals surface area contributed by atoms with Gasteiger partial charge in [-0.25, -0.2) is 9.97 Å². The van der Waals surface area contributed by atoms with Crippen LogP contribution in [-0.4, -0.2) is 32.8 Å². The average Bonchev–Trinajstić information content (AvgIpc) is 2.84. The summed E-state index contributed by atoms with van der Waals surface area (Å²) < 4.78 is 0. The molecule has 3 aromatic rings. The highest BCUT2D eigenvalue weighted by Crippen LogP contribution is 2.22. The Kier molecular flexibility index (Phi) is 3.63. The third-order valence-corrected chi connectivity index (χ3v) is 3.84. The van der Waals surface area contributed by atoms with Crippen LogP contribution in [-0.2, 0) is 6.54 Å².